The Balaban J connectivity index is 1.67. The van der Waals surface area contributed by atoms with Crippen LogP contribution >= 0.6 is 23.4 Å². The zero-order chi connectivity index (χ0) is 19.6. The van der Waals surface area contributed by atoms with Gasteiger partial charge in [-0.1, -0.05) is 11.6 Å². The summed E-state index contributed by atoms with van der Waals surface area (Å²) < 4.78 is 10.4. The number of methoxy groups -OCH3 is 1. The van der Waals surface area contributed by atoms with Gasteiger partial charge >= 0.3 is 0 Å². The van der Waals surface area contributed by atoms with E-state index in [9.17, 15) is 14.4 Å². The van der Waals surface area contributed by atoms with E-state index in [1.165, 1.54) is 19.3 Å². The monoisotopic (exact) mass is 406 g/mol. The van der Waals surface area contributed by atoms with E-state index < -0.39 is 23.6 Å². The number of anilines is 1. The van der Waals surface area contributed by atoms with E-state index >= 15 is 0 Å². The molecule has 0 saturated carbocycles. The van der Waals surface area contributed by atoms with Crippen LogP contribution in [-0.4, -0.2) is 35.6 Å². The first-order valence-corrected chi connectivity index (χ1v) is 9.02. The number of aryl methyl sites for hydroxylation is 1. The summed E-state index contributed by atoms with van der Waals surface area (Å²) in [5.74, 6) is 0.572. The van der Waals surface area contributed by atoms with Gasteiger partial charge in [-0.25, -0.2) is 0 Å². The third kappa shape index (κ3) is 4.35. The maximum absolute atomic E-state index is 12.4. The van der Waals surface area contributed by atoms with Crippen molar-refractivity contribution in [1.29, 1.82) is 0 Å². The van der Waals surface area contributed by atoms with Gasteiger partial charge in [0.25, 0.3) is 11.1 Å². The Labute approximate surface area is 164 Å². The van der Waals surface area contributed by atoms with Gasteiger partial charge < -0.3 is 14.5 Å². The first kappa shape index (κ1) is 19.1. The van der Waals surface area contributed by atoms with Crippen LogP contribution in [0.25, 0.3) is 6.08 Å². The van der Waals surface area contributed by atoms with Crippen molar-refractivity contribution in [3.05, 3.63) is 51.8 Å². The lowest BCUT2D eigenvalue weighted by Crippen LogP contribution is -2.36. The molecule has 1 aromatic carbocycles. The van der Waals surface area contributed by atoms with Gasteiger partial charge in [0, 0.05) is 11.8 Å². The minimum Gasteiger partial charge on any atom is -0.495 e. The number of nitrogens with one attached hydrogen (secondary N) is 1. The number of nitrogens with zero attached hydrogens (tertiary/aromatic N) is 1. The molecule has 1 saturated heterocycles. The Hall–Kier alpha value is -2.71. The van der Waals surface area contributed by atoms with Crippen LogP contribution in [0.4, 0.5) is 10.5 Å². The molecule has 2 heterocycles. The van der Waals surface area contributed by atoms with Crippen LogP contribution in [0.15, 0.2) is 39.7 Å². The molecule has 1 aliphatic rings. The average molecular weight is 407 g/mol. The van der Waals surface area contributed by atoms with Gasteiger partial charge in [-0.3, -0.25) is 19.3 Å². The van der Waals surface area contributed by atoms with Crippen molar-refractivity contribution in [2.75, 3.05) is 19.0 Å². The second-order valence-electron chi connectivity index (χ2n) is 5.61. The molecule has 3 rings (SSSR count). The Bertz CT molecular complexity index is 953. The molecule has 9 heteroatoms. The average Bonchev–Trinajstić information content (AvgIpc) is 3.13. The zero-order valence-corrected chi connectivity index (χ0v) is 16.0. The number of carbonyl (C=O) groups excluding carboxylic acids is 3. The van der Waals surface area contributed by atoms with Crippen LogP contribution in [0.3, 0.4) is 0 Å². The molecule has 0 bridgehead atoms. The fourth-order valence-corrected chi connectivity index (χ4v) is 3.46. The lowest BCUT2D eigenvalue weighted by Gasteiger charge is -2.13. The quantitative estimate of drug-likeness (QED) is 0.757. The fourth-order valence-electron chi connectivity index (χ4n) is 2.38. The summed E-state index contributed by atoms with van der Waals surface area (Å²) in [7, 11) is 1.48. The van der Waals surface area contributed by atoms with Crippen molar-refractivity contribution in [2.24, 2.45) is 0 Å². The summed E-state index contributed by atoms with van der Waals surface area (Å²) in [6.07, 6.45) is 1.49. The van der Waals surface area contributed by atoms with E-state index in [-0.39, 0.29) is 4.91 Å². The number of amides is 3. The van der Waals surface area contributed by atoms with Gasteiger partial charge in [-0.05, 0) is 49.0 Å². The van der Waals surface area contributed by atoms with Crippen molar-refractivity contribution in [1.82, 2.24) is 4.90 Å². The molecule has 27 heavy (non-hydrogen) atoms. The van der Waals surface area contributed by atoms with Crippen molar-refractivity contribution in [2.45, 2.75) is 6.92 Å². The standard InChI is InChI=1S/C18H15ClN2O5S/c1-10-3-5-12(26-10)8-15-17(23)21(18(24)27-15)9-16(22)20-11-4-6-14(25-2)13(19)7-11/h3-8H,9H2,1-2H3,(H,20,22). The number of carbonyl (C=O) groups is 3. The topological polar surface area (TPSA) is 88.8 Å². The van der Waals surface area contributed by atoms with E-state index in [1.54, 1.807) is 31.2 Å². The number of ether oxygens (including phenoxy) is 1. The molecule has 3 amide bonds. The third-order valence-corrected chi connectivity index (χ3v) is 4.85. The number of imide groups is 1. The van der Waals surface area contributed by atoms with Crippen LogP contribution in [-0.2, 0) is 9.59 Å². The van der Waals surface area contributed by atoms with Gasteiger partial charge in [0.1, 0.15) is 23.8 Å². The first-order valence-electron chi connectivity index (χ1n) is 7.82. The van der Waals surface area contributed by atoms with Crippen molar-refractivity contribution in [3.8, 4) is 5.75 Å². The molecule has 1 aromatic heterocycles. The molecular formula is C18H15ClN2O5S. The number of thioether (sulfide) groups is 1. The minimum absolute atomic E-state index is 0.203. The zero-order valence-electron chi connectivity index (χ0n) is 14.4. The van der Waals surface area contributed by atoms with Gasteiger partial charge in [0.2, 0.25) is 5.91 Å². The highest BCUT2D eigenvalue weighted by Crippen LogP contribution is 2.32. The van der Waals surface area contributed by atoms with Crippen LogP contribution in [0.2, 0.25) is 5.02 Å². The van der Waals surface area contributed by atoms with Gasteiger partial charge in [-0.15, -0.1) is 0 Å². The van der Waals surface area contributed by atoms with Crippen LogP contribution < -0.4 is 10.1 Å². The second kappa shape index (κ2) is 7.89. The predicted octanol–water partition coefficient (Wildman–Crippen LogP) is 3.93. The maximum atomic E-state index is 12.4. The molecule has 2 aromatic rings. The second-order valence-corrected chi connectivity index (χ2v) is 7.01. The van der Waals surface area contributed by atoms with Crippen molar-refractivity contribution in [3.63, 3.8) is 0 Å². The minimum atomic E-state index is -0.540. The van der Waals surface area contributed by atoms with Crippen molar-refractivity contribution >= 4 is 52.2 Å². The summed E-state index contributed by atoms with van der Waals surface area (Å²) in [4.78, 5) is 37.8. The first-order chi connectivity index (χ1) is 12.9. The molecule has 7 nitrogen and oxygen atoms in total. The SMILES string of the molecule is COc1ccc(NC(=O)CN2C(=O)SC(=Cc3ccc(C)o3)C2=O)cc1Cl. The van der Waals surface area contributed by atoms with Gasteiger partial charge in [0.15, 0.2) is 0 Å². The van der Waals surface area contributed by atoms with Crippen LogP contribution in [0.5, 0.6) is 5.75 Å². The summed E-state index contributed by atoms with van der Waals surface area (Å²) in [5, 5.41) is 2.41. The number of hydrogen-bond donors (Lipinski definition) is 1. The van der Waals surface area contributed by atoms with Crippen LogP contribution in [0, 0.1) is 6.92 Å². The highest BCUT2D eigenvalue weighted by Gasteiger charge is 2.36. The Kier molecular flexibility index (Phi) is 5.57. The normalized spacial score (nSPS) is 15.5. The van der Waals surface area contributed by atoms with E-state index in [1.807, 2.05) is 0 Å². The maximum Gasteiger partial charge on any atom is 0.294 e. The lowest BCUT2D eigenvalue weighted by molar-refractivity contribution is -0.127. The van der Waals surface area contributed by atoms with Crippen molar-refractivity contribution < 1.29 is 23.5 Å². The van der Waals surface area contributed by atoms with E-state index in [0.29, 0.717) is 28.0 Å². The van der Waals surface area contributed by atoms with E-state index in [4.69, 9.17) is 20.8 Å². The number of benzene rings is 1. The van der Waals surface area contributed by atoms with Gasteiger partial charge in [0.05, 0.1) is 17.0 Å². The third-order valence-electron chi connectivity index (χ3n) is 3.65. The highest BCUT2D eigenvalue weighted by atomic mass is 35.5. The van der Waals surface area contributed by atoms with E-state index in [0.717, 1.165) is 16.7 Å². The summed E-state index contributed by atoms with van der Waals surface area (Å²) >= 11 is 6.78. The number of rotatable bonds is 5. The molecule has 140 valence electrons. The van der Waals surface area contributed by atoms with Gasteiger partial charge in [-0.2, -0.15) is 0 Å². The number of halogens is 1. The highest BCUT2D eigenvalue weighted by molar-refractivity contribution is 8.18. The van der Waals surface area contributed by atoms with E-state index in [2.05, 4.69) is 5.32 Å². The number of furan rings is 1. The summed E-state index contributed by atoms with van der Waals surface area (Å²) in [5.41, 5.74) is 0.430. The fraction of sp³-hybridized carbons (Fsp3) is 0.167. The Morgan fingerprint density at radius 3 is 2.74 bits per heavy atom. The number of hydrogen-bond acceptors (Lipinski definition) is 6. The molecule has 0 spiro atoms. The summed E-state index contributed by atoms with van der Waals surface area (Å²) in [6, 6.07) is 8.18. The smallest absolute Gasteiger partial charge is 0.294 e. The Morgan fingerprint density at radius 2 is 2.11 bits per heavy atom. The Morgan fingerprint density at radius 1 is 1.33 bits per heavy atom. The largest absolute Gasteiger partial charge is 0.495 e. The molecule has 0 unspecified atom stereocenters. The predicted molar refractivity (Wildman–Crippen MR) is 103 cm³/mol. The molecule has 0 atom stereocenters. The molecular weight excluding hydrogens is 392 g/mol. The summed E-state index contributed by atoms with van der Waals surface area (Å²) in [6.45, 7) is 1.38. The molecule has 1 fully saturated rings. The molecule has 0 radical (unpaired) electrons. The van der Waals surface area contributed by atoms with Crippen LogP contribution in [0.1, 0.15) is 11.5 Å². The molecule has 1 N–H and O–H groups in total. The molecule has 1 aliphatic heterocycles. The molecule has 0 aliphatic carbocycles. The lowest BCUT2D eigenvalue weighted by atomic mass is 10.3.